The van der Waals surface area contributed by atoms with Crippen molar-refractivity contribution in [2.75, 3.05) is 5.32 Å². The first-order valence-electron chi connectivity index (χ1n) is 6.12. The van der Waals surface area contributed by atoms with Gasteiger partial charge >= 0.3 is 5.97 Å². The van der Waals surface area contributed by atoms with Gasteiger partial charge in [0.2, 0.25) is 5.91 Å². The Morgan fingerprint density at radius 2 is 1.62 bits per heavy atom. The van der Waals surface area contributed by atoms with E-state index in [2.05, 4.69) is 5.32 Å². The Morgan fingerprint density at radius 3 is 2.19 bits per heavy atom. The minimum atomic E-state index is -1.00. The molecule has 0 unspecified atom stereocenters. The molecule has 106 valence electrons. The van der Waals surface area contributed by atoms with Gasteiger partial charge in [0.1, 0.15) is 0 Å². The fraction of sp³-hybridized carbons (Fsp3) is 0. The lowest BCUT2D eigenvalue weighted by molar-refractivity contribution is -0.111. The van der Waals surface area contributed by atoms with Gasteiger partial charge in [-0.1, -0.05) is 23.7 Å². The van der Waals surface area contributed by atoms with Gasteiger partial charge in [-0.2, -0.15) is 0 Å². The minimum Gasteiger partial charge on any atom is -0.478 e. The Morgan fingerprint density at radius 1 is 1.00 bits per heavy atom. The van der Waals surface area contributed by atoms with Crippen molar-refractivity contribution in [3.63, 3.8) is 0 Å². The first-order valence-corrected chi connectivity index (χ1v) is 6.50. The summed E-state index contributed by atoms with van der Waals surface area (Å²) in [7, 11) is 0. The molecule has 0 spiro atoms. The van der Waals surface area contributed by atoms with Crippen molar-refractivity contribution in [3.8, 4) is 0 Å². The van der Waals surface area contributed by atoms with Crippen LogP contribution in [0.15, 0.2) is 54.6 Å². The number of anilines is 1. The van der Waals surface area contributed by atoms with Crippen molar-refractivity contribution in [3.05, 3.63) is 70.8 Å². The predicted octanol–water partition coefficient (Wildman–Crippen LogP) is 3.69. The van der Waals surface area contributed by atoms with Gasteiger partial charge in [0, 0.05) is 16.8 Å². The first-order chi connectivity index (χ1) is 10.0. The zero-order valence-electron chi connectivity index (χ0n) is 10.9. The molecule has 21 heavy (non-hydrogen) atoms. The summed E-state index contributed by atoms with van der Waals surface area (Å²) in [6.07, 6.45) is 3.06. The number of rotatable bonds is 4. The molecule has 0 aromatic heterocycles. The van der Waals surface area contributed by atoms with E-state index in [0.717, 1.165) is 5.56 Å². The third kappa shape index (κ3) is 4.47. The predicted molar refractivity (Wildman–Crippen MR) is 82.5 cm³/mol. The number of carboxylic acid groups (broad SMARTS) is 1. The fourth-order valence-electron chi connectivity index (χ4n) is 1.63. The molecular formula is C16H12ClNO3. The summed E-state index contributed by atoms with van der Waals surface area (Å²) in [5, 5.41) is 12.1. The van der Waals surface area contributed by atoms with E-state index < -0.39 is 5.97 Å². The van der Waals surface area contributed by atoms with Crippen molar-refractivity contribution in [1.29, 1.82) is 0 Å². The van der Waals surface area contributed by atoms with Crippen molar-refractivity contribution in [2.24, 2.45) is 0 Å². The number of carboxylic acids is 1. The fourth-order valence-corrected chi connectivity index (χ4v) is 1.75. The number of halogens is 1. The van der Waals surface area contributed by atoms with Crippen LogP contribution in [-0.2, 0) is 4.79 Å². The van der Waals surface area contributed by atoms with E-state index in [1.165, 1.54) is 30.3 Å². The number of amides is 1. The Balaban J connectivity index is 1.98. The summed E-state index contributed by atoms with van der Waals surface area (Å²) >= 11 is 5.77. The average Bonchev–Trinajstić information content (AvgIpc) is 2.47. The smallest absolute Gasteiger partial charge is 0.335 e. The second-order valence-corrected chi connectivity index (χ2v) is 4.69. The minimum absolute atomic E-state index is 0.171. The number of nitrogens with one attached hydrogen (secondary N) is 1. The van der Waals surface area contributed by atoms with E-state index in [-0.39, 0.29) is 11.5 Å². The molecule has 2 aromatic rings. The van der Waals surface area contributed by atoms with Crippen LogP contribution in [0.25, 0.3) is 6.08 Å². The van der Waals surface area contributed by atoms with Crippen LogP contribution in [0.5, 0.6) is 0 Å². The van der Waals surface area contributed by atoms with E-state index in [1.54, 1.807) is 30.3 Å². The van der Waals surface area contributed by atoms with Crippen molar-refractivity contribution >= 4 is 35.2 Å². The van der Waals surface area contributed by atoms with E-state index in [0.29, 0.717) is 10.7 Å². The van der Waals surface area contributed by atoms with E-state index in [1.807, 2.05) is 0 Å². The molecule has 0 bridgehead atoms. The Kier molecular flexibility index (Phi) is 4.74. The molecule has 0 aliphatic heterocycles. The molecule has 0 saturated heterocycles. The molecule has 2 aromatic carbocycles. The molecule has 1 amide bonds. The van der Waals surface area contributed by atoms with Gasteiger partial charge in [-0.3, -0.25) is 4.79 Å². The van der Waals surface area contributed by atoms with Gasteiger partial charge in [-0.05, 0) is 48.0 Å². The quantitative estimate of drug-likeness (QED) is 0.846. The molecule has 0 fully saturated rings. The molecular weight excluding hydrogens is 290 g/mol. The first kappa shape index (κ1) is 14.8. The van der Waals surface area contributed by atoms with Crippen LogP contribution in [0.1, 0.15) is 15.9 Å². The highest BCUT2D eigenvalue weighted by molar-refractivity contribution is 6.30. The zero-order valence-corrected chi connectivity index (χ0v) is 11.7. The third-order valence-electron chi connectivity index (χ3n) is 2.70. The molecule has 0 heterocycles. The Bertz CT molecular complexity index is 676. The average molecular weight is 302 g/mol. The van der Waals surface area contributed by atoms with Gasteiger partial charge < -0.3 is 10.4 Å². The third-order valence-corrected chi connectivity index (χ3v) is 2.95. The number of carbonyl (C=O) groups excluding carboxylic acids is 1. The lowest BCUT2D eigenvalue weighted by Crippen LogP contribution is -2.08. The number of hydrogen-bond donors (Lipinski definition) is 2. The molecule has 0 aliphatic rings. The van der Waals surface area contributed by atoms with Crippen molar-refractivity contribution in [1.82, 2.24) is 0 Å². The van der Waals surface area contributed by atoms with E-state index in [9.17, 15) is 9.59 Å². The molecule has 2 N–H and O–H groups in total. The molecule has 0 atom stereocenters. The van der Waals surface area contributed by atoms with Crippen LogP contribution in [0.3, 0.4) is 0 Å². The van der Waals surface area contributed by atoms with Crippen LogP contribution in [0.4, 0.5) is 5.69 Å². The molecule has 5 heteroatoms. The van der Waals surface area contributed by atoms with E-state index >= 15 is 0 Å². The van der Waals surface area contributed by atoms with Crippen LogP contribution in [0, 0.1) is 0 Å². The molecule has 0 aliphatic carbocycles. The summed E-state index contributed by atoms with van der Waals surface area (Å²) in [6.45, 7) is 0. The summed E-state index contributed by atoms with van der Waals surface area (Å²) < 4.78 is 0. The summed E-state index contributed by atoms with van der Waals surface area (Å²) in [4.78, 5) is 22.4. The highest BCUT2D eigenvalue weighted by Gasteiger charge is 2.02. The second-order valence-electron chi connectivity index (χ2n) is 4.26. The number of benzene rings is 2. The van der Waals surface area contributed by atoms with Gasteiger partial charge in [-0.25, -0.2) is 4.79 Å². The summed E-state index contributed by atoms with van der Waals surface area (Å²) in [5.74, 6) is -1.30. The number of aromatic carboxylic acids is 1. The van der Waals surface area contributed by atoms with Crippen LogP contribution in [0.2, 0.25) is 5.02 Å². The molecule has 4 nitrogen and oxygen atoms in total. The Hall–Kier alpha value is -2.59. The largest absolute Gasteiger partial charge is 0.478 e. The second kappa shape index (κ2) is 6.72. The van der Waals surface area contributed by atoms with Crippen LogP contribution in [-0.4, -0.2) is 17.0 Å². The van der Waals surface area contributed by atoms with Gasteiger partial charge in [0.15, 0.2) is 0 Å². The van der Waals surface area contributed by atoms with Crippen LogP contribution >= 0.6 is 11.6 Å². The lowest BCUT2D eigenvalue weighted by Gasteiger charge is -2.02. The highest BCUT2D eigenvalue weighted by atomic mass is 35.5. The van der Waals surface area contributed by atoms with Crippen molar-refractivity contribution < 1.29 is 14.7 Å². The number of carbonyl (C=O) groups is 2. The summed E-state index contributed by atoms with van der Waals surface area (Å²) in [6, 6.07) is 13.0. The SMILES string of the molecule is O=C(C=Cc1ccc(Cl)cc1)Nc1ccc(C(=O)O)cc1. The standard InChI is InChI=1S/C16H12ClNO3/c17-13-6-1-11(2-7-13)3-10-15(19)18-14-8-4-12(5-9-14)16(20)21/h1-10H,(H,18,19)(H,20,21). The maximum atomic E-state index is 11.7. The Labute approximate surface area is 126 Å². The van der Waals surface area contributed by atoms with Gasteiger partial charge in [0.05, 0.1) is 5.56 Å². The zero-order chi connectivity index (χ0) is 15.2. The van der Waals surface area contributed by atoms with Gasteiger partial charge in [0.25, 0.3) is 0 Å². The monoisotopic (exact) mass is 301 g/mol. The topological polar surface area (TPSA) is 66.4 Å². The normalized spacial score (nSPS) is 10.5. The maximum absolute atomic E-state index is 11.7. The number of hydrogen-bond acceptors (Lipinski definition) is 2. The van der Waals surface area contributed by atoms with Gasteiger partial charge in [-0.15, -0.1) is 0 Å². The molecule has 0 saturated carbocycles. The van der Waals surface area contributed by atoms with Crippen molar-refractivity contribution in [2.45, 2.75) is 0 Å². The summed E-state index contributed by atoms with van der Waals surface area (Å²) in [5.41, 5.74) is 1.56. The maximum Gasteiger partial charge on any atom is 0.335 e. The highest BCUT2D eigenvalue weighted by Crippen LogP contribution is 2.12. The lowest BCUT2D eigenvalue weighted by atomic mass is 10.2. The van der Waals surface area contributed by atoms with Crippen LogP contribution < -0.4 is 5.32 Å². The molecule has 0 radical (unpaired) electrons. The van der Waals surface area contributed by atoms with E-state index in [4.69, 9.17) is 16.7 Å². The molecule has 2 rings (SSSR count).